The average Bonchev–Trinajstić information content (AvgIpc) is 2.27. The second-order valence-corrected chi connectivity index (χ2v) is 3.83. The molecule has 0 spiro atoms. The molecule has 0 fully saturated rings. The highest BCUT2D eigenvalue weighted by molar-refractivity contribution is 6.04. The van der Waals surface area contributed by atoms with Gasteiger partial charge in [0.15, 0.2) is 0 Å². The molecule has 1 aromatic heterocycles. The molecule has 2 rings (SSSR count). The fourth-order valence-corrected chi connectivity index (χ4v) is 1.82. The number of fused-ring (bicyclic) bond motifs is 1. The van der Waals surface area contributed by atoms with Gasteiger partial charge in [0.1, 0.15) is 0 Å². The van der Waals surface area contributed by atoms with Gasteiger partial charge >= 0.3 is 6.18 Å². The topological polar surface area (TPSA) is 49.9 Å². The largest absolute Gasteiger partial charge is 0.455 e. The van der Waals surface area contributed by atoms with Crippen LogP contribution < -0.4 is 5.56 Å². The molecule has 0 saturated heterocycles. The van der Waals surface area contributed by atoms with E-state index in [4.69, 9.17) is 0 Å². The van der Waals surface area contributed by atoms with E-state index in [0.29, 0.717) is 10.9 Å². The van der Waals surface area contributed by atoms with E-state index in [1.54, 1.807) is 24.3 Å². The van der Waals surface area contributed by atoms with Crippen molar-refractivity contribution in [1.82, 2.24) is 4.98 Å². The van der Waals surface area contributed by atoms with Gasteiger partial charge in [-0.3, -0.25) is 9.59 Å². The molecule has 94 valence electrons. The van der Waals surface area contributed by atoms with Crippen molar-refractivity contribution in [2.45, 2.75) is 13.1 Å². The number of Topliss-reactive ketones (excluding diaryl/α,β-unsaturated/α-hetero) is 1. The van der Waals surface area contributed by atoms with Gasteiger partial charge in [-0.25, -0.2) is 0 Å². The van der Waals surface area contributed by atoms with Crippen molar-refractivity contribution in [3.8, 4) is 0 Å². The maximum absolute atomic E-state index is 12.4. The normalized spacial score (nSPS) is 11.8. The van der Waals surface area contributed by atoms with Crippen molar-refractivity contribution in [1.29, 1.82) is 0 Å². The molecule has 3 nitrogen and oxygen atoms in total. The summed E-state index contributed by atoms with van der Waals surface area (Å²) in [4.78, 5) is 25.0. The van der Waals surface area contributed by atoms with Gasteiger partial charge in [-0.05, 0) is 18.6 Å². The van der Waals surface area contributed by atoms with Crippen LogP contribution in [0.5, 0.6) is 0 Å². The highest BCUT2D eigenvalue weighted by Gasteiger charge is 2.41. The first-order valence-corrected chi connectivity index (χ1v) is 5.05. The minimum Gasteiger partial charge on any atom is -0.321 e. The summed E-state index contributed by atoms with van der Waals surface area (Å²) < 4.78 is 37.2. The predicted molar refractivity (Wildman–Crippen MR) is 59.7 cm³/mol. The Morgan fingerprint density at radius 1 is 1.22 bits per heavy atom. The van der Waals surface area contributed by atoms with Gasteiger partial charge in [0, 0.05) is 10.9 Å². The molecule has 0 unspecified atom stereocenters. The van der Waals surface area contributed by atoms with E-state index in [-0.39, 0.29) is 5.56 Å². The third-order valence-electron chi connectivity index (χ3n) is 2.67. The van der Waals surface area contributed by atoms with Crippen LogP contribution in [0.2, 0.25) is 0 Å². The first-order valence-electron chi connectivity index (χ1n) is 5.05. The number of hydrogen-bond acceptors (Lipinski definition) is 2. The second kappa shape index (κ2) is 3.97. The second-order valence-electron chi connectivity index (χ2n) is 3.83. The van der Waals surface area contributed by atoms with E-state index >= 15 is 0 Å². The summed E-state index contributed by atoms with van der Waals surface area (Å²) in [5.74, 6) is -2.12. The quantitative estimate of drug-likeness (QED) is 0.796. The number of para-hydroxylation sites is 1. The molecule has 1 aromatic carbocycles. The number of rotatable bonds is 1. The minimum absolute atomic E-state index is 0.0386. The lowest BCUT2D eigenvalue weighted by atomic mass is 10.0. The van der Waals surface area contributed by atoms with Crippen LogP contribution in [0.1, 0.15) is 15.9 Å². The van der Waals surface area contributed by atoms with Crippen molar-refractivity contribution < 1.29 is 18.0 Å². The van der Waals surface area contributed by atoms with Gasteiger partial charge in [0.25, 0.3) is 11.3 Å². The molecule has 0 atom stereocenters. The standard InChI is InChI=1S/C12H8F3NO2/c1-6-7-4-2-3-5-8(7)16-11(18)9(6)10(17)12(13,14)15/h2-5H,1H3,(H,16,18). The number of carbonyl (C=O) groups is 1. The van der Waals surface area contributed by atoms with E-state index in [0.717, 1.165) is 0 Å². The number of aromatic nitrogens is 1. The molecule has 0 radical (unpaired) electrons. The zero-order chi connectivity index (χ0) is 13.5. The van der Waals surface area contributed by atoms with Gasteiger partial charge in [-0.2, -0.15) is 13.2 Å². The van der Waals surface area contributed by atoms with Crippen molar-refractivity contribution in [3.63, 3.8) is 0 Å². The predicted octanol–water partition coefficient (Wildman–Crippen LogP) is 2.58. The number of pyridine rings is 1. The number of H-pyrrole nitrogens is 1. The zero-order valence-corrected chi connectivity index (χ0v) is 9.26. The van der Waals surface area contributed by atoms with E-state index in [2.05, 4.69) is 4.98 Å². The van der Waals surface area contributed by atoms with Crippen molar-refractivity contribution in [2.24, 2.45) is 0 Å². The van der Waals surface area contributed by atoms with Gasteiger partial charge in [-0.15, -0.1) is 0 Å². The summed E-state index contributed by atoms with van der Waals surface area (Å²) in [6.45, 7) is 1.33. The summed E-state index contributed by atoms with van der Waals surface area (Å²) in [7, 11) is 0. The van der Waals surface area contributed by atoms with Crippen LogP contribution >= 0.6 is 0 Å². The number of alkyl halides is 3. The van der Waals surface area contributed by atoms with Gasteiger partial charge in [0.05, 0.1) is 5.56 Å². The molecule has 0 aliphatic carbocycles. The number of nitrogens with one attached hydrogen (secondary N) is 1. The summed E-state index contributed by atoms with van der Waals surface area (Å²) in [5, 5.41) is 0.421. The Kier molecular flexibility index (Phi) is 2.73. The molecule has 0 saturated carbocycles. The Labute approximate surface area is 99.2 Å². The van der Waals surface area contributed by atoms with Gasteiger partial charge < -0.3 is 4.98 Å². The first kappa shape index (κ1) is 12.3. The van der Waals surface area contributed by atoms with Crippen molar-refractivity contribution in [2.75, 3.05) is 0 Å². The van der Waals surface area contributed by atoms with Crippen LogP contribution in [-0.4, -0.2) is 16.9 Å². The number of halogens is 3. The highest BCUT2D eigenvalue weighted by atomic mass is 19.4. The number of benzene rings is 1. The molecule has 0 aliphatic rings. The molecule has 0 amide bonds. The highest BCUT2D eigenvalue weighted by Crippen LogP contribution is 2.24. The van der Waals surface area contributed by atoms with Gasteiger partial charge in [0.2, 0.25) is 0 Å². The number of aryl methyl sites for hydroxylation is 1. The number of ketones is 1. The lowest BCUT2D eigenvalue weighted by molar-refractivity contribution is -0.0886. The molecule has 18 heavy (non-hydrogen) atoms. The molecular weight excluding hydrogens is 247 g/mol. The molecule has 1 N–H and O–H groups in total. The monoisotopic (exact) mass is 255 g/mol. The maximum Gasteiger partial charge on any atom is 0.455 e. The third kappa shape index (κ3) is 1.90. The minimum atomic E-state index is -5.06. The SMILES string of the molecule is Cc1c(C(=O)C(F)(F)F)c(=O)[nH]c2ccccc12. The third-order valence-corrected chi connectivity index (χ3v) is 2.67. The molecular formula is C12H8F3NO2. The Hall–Kier alpha value is -2.11. The Morgan fingerprint density at radius 2 is 1.83 bits per heavy atom. The fraction of sp³-hybridized carbons (Fsp3) is 0.167. The van der Waals surface area contributed by atoms with E-state index < -0.39 is 23.1 Å². The smallest absolute Gasteiger partial charge is 0.321 e. The van der Waals surface area contributed by atoms with Crippen LogP contribution in [0.15, 0.2) is 29.1 Å². The van der Waals surface area contributed by atoms with Gasteiger partial charge in [-0.1, -0.05) is 18.2 Å². The number of aromatic amines is 1. The molecule has 6 heteroatoms. The number of carbonyl (C=O) groups excluding carboxylic acids is 1. The summed E-state index contributed by atoms with van der Waals surface area (Å²) in [6.07, 6.45) is -5.06. The van der Waals surface area contributed by atoms with Crippen LogP contribution in [0.3, 0.4) is 0 Å². The summed E-state index contributed by atoms with van der Waals surface area (Å²) in [6, 6.07) is 6.37. The molecule has 0 bridgehead atoms. The van der Waals surface area contributed by atoms with Crippen molar-refractivity contribution in [3.05, 3.63) is 45.7 Å². The van der Waals surface area contributed by atoms with Crippen LogP contribution in [0.25, 0.3) is 10.9 Å². The Bertz CT molecular complexity index is 686. The van der Waals surface area contributed by atoms with E-state index in [9.17, 15) is 22.8 Å². The Morgan fingerprint density at radius 3 is 2.44 bits per heavy atom. The molecule has 1 heterocycles. The molecule has 2 aromatic rings. The van der Waals surface area contributed by atoms with Crippen molar-refractivity contribution >= 4 is 16.7 Å². The van der Waals surface area contributed by atoms with Crippen LogP contribution in [0.4, 0.5) is 13.2 Å². The van der Waals surface area contributed by atoms with E-state index in [1.807, 2.05) is 0 Å². The Balaban J connectivity index is 2.81. The molecule has 0 aliphatic heterocycles. The lowest BCUT2D eigenvalue weighted by Gasteiger charge is -2.09. The number of hydrogen-bond donors (Lipinski definition) is 1. The zero-order valence-electron chi connectivity index (χ0n) is 9.26. The summed E-state index contributed by atoms with van der Waals surface area (Å²) >= 11 is 0. The average molecular weight is 255 g/mol. The fourth-order valence-electron chi connectivity index (χ4n) is 1.82. The lowest BCUT2D eigenvalue weighted by Crippen LogP contribution is -2.30. The first-order chi connectivity index (χ1) is 8.32. The van der Waals surface area contributed by atoms with Crippen LogP contribution in [-0.2, 0) is 0 Å². The van der Waals surface area contributed by atoms with Crippen LogP contribution in [0, 0.1) is 6.92 Å². The maximum atomic E-state index is 12.4. The summed E-state index contributed by atoms with van der Waals surface area (Å²) in [5.41, 5.74) is -1.43. The van der Waals surface area contributed by atoms with E-state index in [1.165, 1.54) is 6.92 Å².